The fourth-order valence-corrected chi connectivity index (χ4v) is 1.95. The summed E-state index contributed by atoms with van der Waals surface area (Å²) in [6.45, 7) is 0. The Bertz CT molecular complexity index is 856. The second-order valence-electron chi connectivity index (χ2n) is 4.57. The zero-order valence-electron chi connectivity index (χ0n) is 11.5. The molecule has 0 radical (unpaired) electrons. The van der Waals surface area contributed by atoms with E-state index in [4.69, 9.17) is 4.74 Å². The van der Waals surface area contributed by atoms with E-state index in [2.05, 4.69) is 15.3 Å². The van der Waals surface area contributed by atoms with Crippen LogP contribution in [0, 0.1) is 0 Å². The summed E-state index contributed by atoms with van der Waals surface area (Å²) in [4.78, 5) is 27.1. The lowest BCUT2D eigenvalue weighted by molar-refractivity contribution is 0.483. The molecule has 6 heteroatoms. The van der Waals surface area contributed by atoms with Crippen molar-refractivity contribution >= 4 is 11.5 Å². The van der Waals surface area contributed by atoms with E-state index in [1.54, 1.807) is 12.1 Å². The van der Waals surface area contributed by atoms with Crippen LogP contribution >= 0.6 is 0 Å². The predicted octanol–water partition coefficient (Wildman–Crippen LogP) is 2.60. The molecule has 0 unspecified atom stereocenters. The maximum absolute atomic E-state index is 11.3. The highest BCUT2D eigenvalue weighted by molar-refractivity contribution is 5.58. The molecule has 3 rings (SSSR count). The molecule has 0 aliphatic rings. The number of aromatic amines is 2. The molecule has 0 fully saturated rings. The molecule has 6 nitrogen and oxygen atoms in total. The first kappa shape index (κ1) is 13.7. The molecule has 3 aromatic rings. The molecule has 0 aliphatic heterocycles. The summed E-state index contributed by atoms with van der Waals surface area (Å²) in [6.07, 6.45) is 0. The van der Waals surface area contributed by atoms with E-state index in [-0.39, 0.29) is 0 Å². The number of benzene rings is 2. The number of aromatic nitrogens is 2. The van der Waals surface area contributed by atoms with Crippen LogP contribution in [0.5, 0.6) is 11.5 Å². The van der Waals surface area contributed by atoms with Gasteiger partial charge >= 0.3 is 5.69 Å². The van der Waals surface area contributed by atoms with Gasteiger partial charge in [-0.25, -0.2) is 4.79 Å². The maximum Gasteiger partial charge on any atom is 0.327 e. The van der Waals surface area contributed by atoms with Gasteiger partial charge in [-0.2, -0.15) is 0 Å². The summed E-state index contributed by atoms with van der Waals surface area (Å²) in [5, 5.41) is 2.96. The van der Waals surface area contributed by atoms with Crippen molar-refractivity contribution < 1.29 is 4.74 Å². The summed E-state index contributed by atoms with van der Waals surface area (Å²) >= 11 is 0. The molecule has 22 heavy (non-hydrogen) atoms. The number of para-hydroxylation sites is 1. The van der Waals surface area contributed by atoms with Crippen molar-refractivity contribution in [1.29, 1.82) is 0 Å². The van der Waals surface area contributed by atoms with Gasteiger partial charge in [-0.15, -0.1) is 0 Å². The Hall–Kier alpha value is -3.28. The summed E-state index contributed by atoms with van der Waals surface area (Å²) in [6, 6.07) is 17.9. The Morgan fingerprint density at radius 1 is 0.818 bits per heavy atom. The van der Waals surface area contributed by atoms with Crippen LogP contribution in [0.2, 0.25) is 0 Å². The third-order valence-electron chi connectivity index (χ3n) is 2.85. The van der Waals surface area contributed by atoms with Crippen molar-refractivity contribution in [3.05, 3.63) is 81.5 Å². The predicted molar refractivity (Wildman–Crippen MR) is 83.9 cm³/mol. The fraction of sp³-hybridized carbons (Fsp3) is 0. The van der Waals surface area contributed by atoms with Crippen molar-refractivity contribution in [3.63, 3.8) is 0 Å². The van der Waals surface area contributed by atoms with Gasteiger partial charge in [0.25, 0.3) is 5.56 Å². The highest BCUT2D eigenvalue weighted by Crippen LogP contribution is 2.24. The van der Waals surface area contributed by atoms with Gasteiger partial charge < -0.3 is 10.1 Å². The van der Waals surface area contributed by atoms with E-state index >= 15 is 0 Å². The Morgan fingerprint density at radius 3 is 2.36 bits per heavy atom. The average molecular weight is 295 g/mol. The molecule has 1 heterocycles. The van der Waals surface area contributed by atoms with Gasteiger partial charge in [-0.3, -0.25) is 14.8 Å². The summed E-state index contributed by atoms with van der Waals surface area (Å²) < 4.78 is 5.72. The zero-order chi connectivity index (χ0) is 15.4. The molecule has 2 aromatic carbocycles. The van der Waals surface area contributed by atoms with Crippen LogP contribution < -0.4 is 21.3 Å². The maximum atomic E-state index is 11.3. The lowest BCUT2D eigenvalue weighted by atomic mass is 10.3. The highest BCUT2D eigenvalue weighted by atomic mass is 16.5. The third kappa shape index (κ3) is 3.43. The number of H-pyrrole nitrogens is 2. The van der Waals surface area contributed by atoms with E-state index < -0.39 is 11.2 Å². The first-order valence-electron chi connectivity index (χ1n) is 6.63. The zero-order valence-corrected chi connectivity index (χ0v) is 11.5. The van der Waals surface area contributed by atoms with Crippen LogP contribution in [0.25, 0.3) is 0 Å². The van der Waals surface area contributed by atoms with Crippen LogP contribution in [-0.2, 0) is 0 Å². The fourth-order valence-electron chi connectivity index (χ4n) is 1.95. The first-order valence-corrected chi connectivity index (χ1v) is 6.63. The number of ether oxygens (including phenoxy) is 1. The van der Waals surface area contributed by atoms with Crippen LogP contribution in [0.1, 0.15) is 0 Å². The Labute approximate surface area is 125 Å². The van der Waals surface area contributed by atoms with E-state index in [0.717, 1.165) is 5.75 Å². The summed E-state index contributed by atoms with van der Waals surface area (Å²) in [5.74, 6) is 1.68. The van der Waals surface area contributed by atoms with Crippen LogP contribution in [0.4, 0.5) is 11.5 Å². The van der Waals surface area contributed by atoms with E-state index in [0.29, 0.717) is 17.3 Å². The quantitative estimate of drug-likeness (QED) is 0.690. The average Bonchev–Trinajstić information content (AvgIpc) is 2.47. The van der Waals surface area contributed by atoms with Crippen molar-refractivity contribution in [2.24, 2.45) is 0 Å². The smallest absolute Gasteiger partial charge is 0.327 e. The normalized spacial score (nSPS) is 10.2. The second-order valence-corrected chi connectivity index (χ2v) is 4.57. The van der Waals surface area contributed by atoms with Crippen molar-refractivity contribution in [3.8, 4) is 11.5 Å². The molecule has 0 spiro atoms. The monoisotopic (exact) mass is 295 g/mol. The number of nitrogens with one attached hydrogen (secondary N) is 3. The molecular weight excluding hydrogens is 282 g/mol. The molecular formula is C16H13N3O3. The Morgan fingerprint density at radius 2 is 1.59 bits per heavy atom. The molecule has 1 aromatic heterocycles. The van der Waals surface area contributed by atoms with Crippen molar-refractivity contribution in [2.75, 3.05) is 5.32 Å². The molecule has 3 N–H and O–H groups in total. The standard InChI is InChI=1S/C16H13N3O3/c20-15-10-14(18-16(21)19-15)17-11-5-4-8-13(9-11)22-12-6-2-1-3-7-12/h1-10H,(H3,17,18,19,20,21). The molecule has 110 valence electrons. The number of anilines is 2. The summed E-state index contributed by atoms with van der Waals surface area (Å²) in [5.41, 5.74) is -0.343. The molecule has 0 saturated carbocycles. The minimum Gasteiger partial charge on any atom is -0.457 e. The first-order chi connectivity index (χ1) is 10.7. The summed E-state index contributed by atoms with van der Waals surface area (Å²) in [7, 11) is 0. The minimum absolute atomic E-state index is 0.311. The lowest BCUT2D eigenvalue weighted by Crippen LogP contribution is -2.22. The van der Waals surface area contributed by atoms with Gasteiger partial charge in [0.2, 0.25) is 0 Å². The van der Waals surface area contributed by atoms with Crippen molar-refractivity contribution in [1.82, 2.24) is 9.97 Å². The number of rotatable bonds is 4. The molecule has 0 bridgehead atoms. The van der Waals surface area contributed by atoms with Gasteiger partial charge in [0.15, 0.2) is 0 Å². The Kier molecular flexibility index (Phi) is 3.74. The lowest BCUT2D eigenvalue weighted by Gasteiger charge is -2.09. The SMILES string of the molecule is O=c1cc(Nc2cccc(Oc3ccccc3)c2)[nH]c(=O)[nH]1. The van der Waals surface area contributed by atoms with Crippen LogP contribution in [0.3, 0.4) is 0 Å². The third-order valence-corrected chi connectivity index (χ3v) is 2.85. The topological polar surface area (TPSA) is 87.0 Å². The molecule has 0 saturated heterocycles. The van der Waals surface area contributed by atoms with Gasteiger partial charge in [0.05, 0.1) is 0 Å². The van der Waals surface area contributed by atoms with E-state index in [1.807, 2.05) is 42.5 Å². The van der Waals surface area contributed by atoms with Gasteiger partial charge in [0, 0.05) is 17.8 Å². The minimum atomic E-state index is -0.563. The van der Waals surface area contributed by atoms with Crippen LogP contribution in [-0.4, -0.2) is 9.97 Å². The molecule has 0 aliphatic carbocycles. The second kappa shape index (κ2) is 6.01. The molecule has 0 atom stereocenters. The Balaban J connectivity index is 1.82. The van der Waals surface area contributed by atoms with Gasteiger partial charge in [0.1, 0.15) is 17.3 Å². The number of hydrogen-bond acceptors (Lipinski definition) is 4. The highest BCUT2D eigenvalue weighted by Gasteiger charge is 2.01. The largest absolute Gasteiger partial charge is 0.457 e. The van der Waals surface area contributed by atoms with Crippen molar-refractivity contribution in [2.45, 2.75) is 0 Å². The number of hydrogen-bond donors (Lipinski definition) is 3. The van der Waals surface area contributed by atoms with E-state index in [9.17, 15) is 9.59 Å². The molecule has 0 amide bonds. The van der Waals surface area contributed by atoms with Gasteiger partial charge in [-0.05, 0) is 24.3 Å². The van der Waals surface area contributed by atoms with E-state index in [1.165, 1.54) is 6.07 Å². The van der Waals surface area contributed by atoms with Gasteiger partial charge in [-0.1, -0.05) is 24.3 Å². The van der Waals surface area contributed by atoms with Crippen LogP contribution in [0.15, 0.2) is 70.3 Å².